The van der Waals surface area contributed by atoms with Gasteiger partial charge in [0.15, 0.2) is 0 Å². The van der Waals surface area contributed by atoms with Gasteiger partial charge in [-0.3, -0.25) is 0 Å². The maximum atomic E-state index is 10.3. The van der Waals surface area contributed by atoms with Crippen molar-refractivity contribution in [1.82, 2.24) is 12.3 Å². The Morgan fingerprint density at radius 2 is 1.31 bits per heavy atom. The smallest absolute Gasteiger partial charge is 0.0639 e. The minimum Gasteiger partial charge on any atom is -0.550 e. The number of carbonyl (C=O) groups excluding carboxylic acids is 2. The summed E-state index contributed by atoms with van der Waals surface area (Å²) in [6.45, 7) is 3.91. The van der Waals surface area contributed by atoms with Gasteiger partial charge in [-0.1, -0.05) is 57.1 Å². The number of hydrogen-bond donors (Lipinski definition) is 2. The normalized spacial score (nSPS) is 11.4. The van der Waals surface area contributed by atoms with Crippen LogP contribution < -0.4 is 22.5 Å². The van der Waals surface area contributed by atoms with Crippen LogP contribution in [0.1, 0.15) is 83.5 Å². The first kappa shape index (κ1) is 29.1. The van der Waals surface area contributed by atoms with Gasteiger partial charge in [0.2, 0.25) is 0 Å². The fourth-order valence-electron chi connectivity index (χ4n) is 2.79. The summed E-state index contributed by atoms with van der Waals surface area (Å²) in [6.07, 6.45) is 17.8. The van der Waals surface area contributed by atoms with Crippen LogP contribution in [0.3, 0.4) is 0 Å². The lowest BCUT2D eigenvalue weighted by molar-refractivity contribution is -0.306. The van der Waals surface area contributed by atoms with Crippen molar-refractivity contribution >= 4 is 11.9 Å². The highest BCUT2D eigenvalue weighted by Gasteiger charge is 2.03. The van der Waals surface area contributed by atoms with E-state index in [0.717, 1.165) is 51.0 Å². The fourth-order valence-corrected chi connectivity index (χ4v) is 2.79. The van der Waals surface area contributed by atoms with Crippen molar-refractivity contribution in [1.29, 1.82) is 0 Å². The lowest BCUT2D eigenvalue weighted by Gasteiger charge is -2.11. The summed E-state index contributed by atoms with van der Waals surface area (Å²) in [7, 11) is 0. The van der Waals surface area contributed by atoms with E-state index in [1.807, 2.05) is 6.08 Å². The van der Waals surface area contributed by atoms with Gasteiger partial charge in [-0.15, -0.1) is 6.58 Å². The molecule has 1 unspecified atom stereocenters. The van der Waals surface area contributed by atoms with Crippen molar-refractivity contribution in [2.45, 2.75) is 83.5 Å². The van der Waals surface area contributed by atoms with E-state index in [9.17, 15) is 19.8 Å². The summed E-state index contributed by atoms with van der Waals surface area (Å²) in [5.74, 6) is -1.52. The molecule has 0 saturated heterocycles. The van der Waals surface area contributed by atoms with Crippen LogP contribution >= 0.6 is 0 Å². The monoisotopic (exact) mass is 372 g/mol. The van der Waals surface area contributed by atoms with E-state index in [1.165, 1.54) is 32.1 Å². The molecule has 6 nitrogen and oxygen atoms in total. The summed E-state index contributed by atoms with van der Waals surface area (Å²) in [5, 5.41) is 20.5. The van der Waals surface area contributed by atoms with Crippen LogP contribution in [-0.2, 0) is 9.59 Å². The SMILES string of the molecule is C=CC(CCCCC=CC(=O)[O-])CCCCCCCCCC(=O)[O-].[NH4+].[NH4+]. The topological polar surface area (TPSA) is 153 Å². The summed E-state index contributed by atoms with van der Waals surface area (Å²) in [5.41, 5.74) is 0. The maximum absolute atomic E-state index is 10.3. The maximum Gasteiger partial charge on any atom is 0.0639 e. The second-order valence-electron chi connectivity index (χ2n) is 6.39. The Labute approximate surface area is 158 Å². The first-order valence-electron chi connectivity index (χ1n) is 9.26. The molecule has 1 atom stereocenters. The Kier molecular flexibility index (Phi) is 23.9. The molecule has 0 aromatic rings. The standard InChI is InChI=1S/C20H34O4.2H3N/c1-2-18(15-11-8-9-13-17-20(23)24)14-10-6-4-3-5-7-12-16-19(21)22;;/h2,13,17-18H,1,3-12,14-16H2,(H,21,22)(H,23,24);2*1H3. The molecule has 8 N–H and O–H groups in total. The molecule has 0 radical (unpaired) electrons. The van der Waals surface area contributed by atoms with Crippen LogP contribution in [0, 0.1) is 5.92 Å². The molecule has 154 valence electrons. The summed E-state index contributed by atoms with van der Waals surface area (Å²) < 4.78 is 0. The number of carboxylic acid groups (broad SMARTS) is 2. The van der Waals surface area contributed by atoms with E-state index >= 15 is 0 Å². The summed E-state index contributed by atoms with van der Waals surface area (Å²) >= 11 is 0. The van der Waals surface area contributed by atoms with Gasteiger partial charge in [0.1, 0.15) is 0 Å². The highest BCUT2D eigenvalue weighted by Crippen LogP contribution is 2.19. The van der Waals surface area contributed by atoms with Gasteiger partial charge in [-0.2, -0.15) is 0 Å². The van der Waals surface area contributed by atoms with Crippen LogP contribution in [0.4, 0.5) is 0 Å². The Balaban J connectivity index is -0.00000264. The predicted molar refractivity (Wildman–Crippen MR) is 105 cm³/mol. The molecule has 6 heteroatoms. The zero-order chi connectivity index (χ0) is 18.0. The van der Waals surface area contributed by atoms with Gasteiger partial charge < -0.3 is 32.1 Å². The lowest BCUT2D eigenvalue weighted by Crippen LogP contribution is -2.21. The Morgan fingerprint density at radius 1 is 0.808 bits per heavy atom. The highest BCUT2D eigenvalue weighted by molar-refractivity contribution is 5.77. The van der Waals surface area contributed by atoms with Crippen molar-refractivity contribution in [3.8, 4) is 0 Å². The zero-order valence-corrected chi connectivity index (χ0v) is 16.8. The quantitative estimate of drug-likeness (QED) is 0.227. The largest absolute Gasteiger partial charge is 0.550 e. The molecule has 0 spiro atoms. The highest BCUT2D eigenvalue weighted by atomic mass is 16.4. The molecule has 0 heterocycles. The fraction of sp³-hybridized carbons (Fsp3) is 0.700. The molecular formula is C20H40N2O4. The second kappa shape index (κ2) is 21.4. The minimum absolute atomic E-state index is 0. The Hall–Kier alpha value is -1.66. The molecular weight excluding hydrogens is 332 g/mol. The van der Waals surface area contributed by atoms with E-state index in [-0.39, 0.29) is 18.7 Å². The van der Waals surface area contributed by atoms with E-state index in [1.54, 1.807) is 6.08 Å². The molecule has 0 fully saturated rings. The van der Waals surface area contributed by atoms with Crippen LogP contribution in [0.15, 0.2) is 24.8 Å². The number of aliphatic carboxylic acids is 2. The molecule has 0 aliphatic carbocycles. The number of unbranched alkanes of at least 4 members (excludes halogenated alkanes) is 8. The molecule has 26 heavy (non-hydrogen) atoms. The van der Waals surface area contributed by atoms with Crippen LogP contribution in [0.5, 0.6) is 0 Å². The van der Waals surface area contributed by atoms with Crippen LogP contribution in [0.25, 0.3) is 0 Å². The number of hydrogen-bond acceptors (Lipinski definition) is 4. The zero-order valence-electron chi connectivity index (χ0n) is 16.8. The molecule has 0 amide bonds. The summed E-state index contributed by atoms with van der Waals surface area (Å²) in [6, 6.07) is 0. The predicted octanol–water partition coefficient (Wildman–Crippen LogP) is 3.67. The second-order valence-corrected chi connectivity index (χ2v) is 6.39. The van der Waals surface area contributed by atoms with Crippen molar-refractivity contribution in [3.63, 3.8) is 0 Å². The third-order valence-electron chi connectivity index (χ3n) is 4.24. The van der Waals surface area contributed by atoms with Gasteiger partial charge in [0.25, 0.3) is 0 Å². The minimum atomic E-state index is -1.13. The number of quaternary nitrogens is 2. The molecule has 0 aromatic heterocycles. The number of carboxylic acids is 2. The van der Waals surface area contributed by atoms with Gasteiger partial charge >= 0.3 is 0 Å². The molecule has 0 aliphatic rings. The van der Waals surface area contributed by atoms with Gasteiger partial charge in [0.05, 0.1) is 5.97 Å². The van der Waals surface area contributed by atoms with Crippen molar-refractivity contribution in [2.75, 3.05) is 0 Å². The van der Waals surface area contributed by atoms with Gasteiger partial charge in [-0.05, 0) is 50.5 Å². The Morgan fingerprint density at radius 3 is 1.81 bits per heavy atom. The molecule has 0 rings (SSSR count). The molecule has 0 bridgehead atoms. The lowest BCUT2D eigenvalue weighted by atomic mass is 9.94. The van der Waals surface area contributed by atoms with E-state index in [2.05, 4.69) is 6.58 Å². The van der Waals surface area contributed by atoms with Crippen LogP contribution in [0.2, 0.25) is 0 Å². The average molecular weight is 373 g/mol. The van der Waals surface area contributed by atoms with Crippen molar-refractivity contribution in [3.05, 3.63) is 24.8 Å². The van der Waals surface area contributed by atoms with Crippen molar-refractivity contribution < 1.29 is 19.8 Å². The van der Waals surface area contributed by atoms with Crippen LogP contribution in [-0.4, -0.2) is 11.9 Å². The summed E-state index contributed by atoms with van der Waals surface area (Å²) in [4.78, 5) is 20.5. The molecule has 0 aliphatic heterocycles. The third kappa shape index (κ3) is 22.3. The van der Waals surface area contributed by atoms with E-state index in [0.29, 0.717) is 5.92 Å². The number of allylic oxidation sites excluding steroid dienone is 2. The number of carbonyl (C=O) groups is 2. The molecule has 0 saturated carbocycles. The number of rotatable bonds is 17. The van der Waals surface area contributed by atoms with Crippen molar-refractivity contribution in [2.24, 2.45) is 5.92 Å². The molecule has 0 aromatic carbocycles. The van der Waals surface area contributed by atoms with Gasteiger partial charge in [-0.25, -0.2) is 0 Å². The first-order valence-corrected chi connectivity index (χ1v) is 9.26. The van der Waals surface area contributed by atoms with Gasteiger partial charge in [0, 0.05) is 5.97 Å². The third-order valence-corrected chi connectivity index (χ3v) is 4.24. The average Bonchev–Trinajstić information content (AvgIpc) is 2.53. The Bertz CT molecular complexity index is 384. The van der Waals surface area contributed by atoms with E-state index in [4.69, 9.17) is 0 Å². The van der Waals surface area contributed by atoms with E-state index < -0.39 is 11.9 Å². The first-order chi connectivity index (χ1) is 11.6.